The van der Waals surface area contributed by atoms with Gasteiger partial charge in [0, 0.05) is 0 Å². The molecule has 32 heavy (non-hydrogen) atoms. The van der Waals surface area contributed by atoms with Gasteiger partial charge in [-0.1, -0.05) is 42.0 Å². The summed E-state index contributed by atoms with van der Waals surface area (Å²) >= 11 is 0. The van der Waals surface area contributed by atoms with Crippen molar-refractivity contribution in [1.82, 2.24) is 0 Å². The summed E-state index contributed by atoms with van der Waals surface area (Å²) in [5.41, 5.74) is 3.26. The number of hydrogen-bond donors (Lipinski definition) is 0. The molecule has 0 saturated carbocycles. The Hall–Kier alpha value is -3.58. The SMILES string of the molecule is Cc1ccc(N2C(=O)[C@@H]3[C@H](ON(c4ccccc4)[C@H]3c3ccc(F)c(F)c3)C2=O)c(C)c1. The third-order valence-electron chi connectivity index (χ3n) is 6.00. The average Bonchev–Trinajstić information content (AvgIpc) is 3.28. The van der Waals surface area contributed by atoms with E-state index in [1.807, 2.05) is 32.0 Å². The van der Waals surface area contributed by atoms with Crippen LogP contribution < -0.4 is 9.96 Å². The number of carbonyl (C=O) groups excluding carboxylic acids is 2. The zero-order chi connectivity index (χ0) is 22.6. The molecule has 2 amide bonds. The molecule has 0 radical (unpaired) electrons. The summed E-state index contributed by atoms with van der Waals surface area (Å²) in [6.45, 7) is 3.76. The third-order valence-corrected chi connectivity index (χ3v) is 6.00. The lowest BCUT2D eigenvalue weighted by Gasteiger charge is -2.29. The number of benzene rings is 3. The van der Waals surface area contributed by atoms with Crippen molar-refractivity contribution < 1.29 is 23.2 Å². The molecule has 5 nitrogen and oxygen atoms in total. The van der Waals surface area contributed by atoms with Crippen LogP contribution in [0.4, 0.5) is 20.2 Å². The van der Waals surface area contributed by atoms with Gasteiger partial charge in [0.05, 0.1) is 17.4 Å². The second kappa shape index (κ2) is 7.53. The predicted molar refractivity (Wildman–Crippen MR) is 115 cm³/mol. The number of rotatable bonds is 3. The first kappa shape index (κ1) is 20.3. The summed E-state index contributed by atoms with van der Waals surface area (Å²) in [5.74, 6) is -3.82. The number of halogens is 2. The topological polar surface area (TPSA) is 49.9 Å². The van der Waals surface area contributed by atoms with Crippen molar-refractivity contribution in [1.29, 1.82) is 0 Å². The second-order valence-corrected chi connectivity index (χ2v) is 8.13. The monoisotopic (exact) mass is 434 g/mol. The Morgan fingerprint density at radius 2 is 1.59 bits per heavy atom. The van der Waals surface area contributed by atoms with Crippen LogP contribution in [-0.2, 0) is 14.4 Å². The quantitative estimate of drug-likeness (QED) is 0.564. The van der Waals surface area contributed by atoms with Crippen LogP contribution in [0.3, 0.4) is 0 Å². The number of carbonyl (C=O) groups is 2. The Balaban J connectivity index is 1.61. The number of hydroxylamine groups is 1. The van der Waals surface area contributed by atoms with Gasteiger partial charge in [0.2, 0.25) is 5.91 Å². The number of amides is 2. The Morgan fingerprint density at radius 1 is 0.844 bits per heavy atom. The number of anilines is 2. The third kappa shape index (κ3) is 3.08. The number of para-hydroxylation sites is 1. The molecule has 0 aromatic heterocycles. The van der Waals surface area contributed by atoms with E-state index < -0.39 is 41.5 Å². The smallest absolute Gasteiger partial charge is 0.266 e. The van der Waals surface area contributed by atoms with E-state index in [4.69, 9.17) is 4.84 Å². The molecule has 0 spiro atoms. The molecule has 5 rings (SSSR count). The fourth-order valence-corrected chi connectivity index (χ4v) is 4.54. The minimum Gasteiger partial charge on any atom is -0.273 e. The van der Waals surface area contributed by atoms with Crippen LogP contribution in [0.1, 0.15) is 22.7 Å². The largest absolute Gasteiger partial charge is 0.273 e. The maximum Gasteiger partial charge on any atom is 0.266 e. The number of hydrogen-bond acceptors (Lipinski definition) is 4. The van der Waals surface area contributed by atoms with Crippen LogP contribution in [-0.4, -0.2) is 17.9 Å². The predicted octanol–water partition coefficient (Wildman–Crippen LogP) is 4.63. The van der Waals surface area contributed by atoms with Crippen molar-refractivity contribution in [3.8, 4) is 0 Å². The minimum atomic E-state index is -1.07. The van der Waals surface area contributed by atoms with Gasteiger partial charge in [-0.15, -0.1) is 0 Å². The van der Waals surface area contributed by atoms with E-state index in [1.54, 1.807) is 30.3 Å². The Morgan fingerprint density at radius 3 is 2.28 bits per heavy atom. The zero-order valence-electron chi connectivity index (χ0n) is 17.5. The standard InChI is InChI=1S/C25H20F2N2O3/c1-14-8-11-20(15(2)12-14)28-24(30)21-22(16-9-10-18(26)19(27)13-16)29(32-23(21)25(28)31)17-6-4-3-5-7-17/h3-13,21-23H,1-2H3/t21-,22-,23-/m0/s1. The second-order valence-electron chi connectivity index (χ2n) is 8.13. The normalized spacial score (nSPS) is 22.6. The lowest BCUT2D eigenvalue weighted by atomic mass is 9.90. The van der Waals surface area contributed by atoms with Gasteiger partial charge < -0.3 is 0 Å². The maximum atomic E-state index is 14.1. The highest BCUT2D eigenvalue weighted by molar-refractivity contribution is 6.24. The number of nitrogens with zero attached hydrogens (tertiary/aromatic N) is 2. The zero-order valence-corrected chi connectivity index (χ0v) is 17.5. The highest BCUT2D eigenvalue weighted by Gasteiger charge is 2.60. The van der Waals surface area contributed by atoms with Crippen LogP contribution in [0.5, 0.6) is 0 Å². The molecule has 3 aromatic carbocycles. The van der Waals surface area contributed by atoms with Crippen molar-refractivity contribution in [2.75, 3.05) is 9.96 Å². The van der Waals surface area contributed by atoms with E-state index in [1.165, 1.54) is 11.1 Å². The molecular weight excluding hydrogens is 414 g/mol. The molecule has 2 aliphatic rings. The summed E-state index contributed by atoms with van der Waals surface area (Å²) in [5, 5.41) is 1.46. The van der Waals surface area contributed by atoms with Gasteiger partial charge in [0.1, 0.15) is 5.92 Å². The first-order valence-electron chi connectivity index (χ1n) is 10.3. The molecule has 0 N–H and O–H groups in total. The van der Waals surface area contributed by atoms with E-state index in [9.17, 15) is 18.4 Å². The first-order chi connectivity index (χ1) is 15.4. The van der Waals surface area contributed by atoms with Gasteiger partial charge in [0.15, 0.2) is 17.7 Å². The Bertz CT molecular complexity index is 1230. The number of imide groups is 1. The lowest BCUT2D eigenvalue weighted by molar-refractivity contribution is -0.126. The summed E-state index contributed by atoms with van der Waals surface area (Å²) in [6.07, 6.45) is -1.07. The van der Waals surface area contributed by atoms with Crippen molar-refractivity contribution in [3.63, 3.8) is 0 Å². The van der Waals surface area contributed by atoms with Crippen LogP contribution in [0.2, 0.25) is 0 Å². The summed E-state index contributed by atoms with van der Waals surface area (Å²) in [7, 11) is 0. The average molecular weight is 434 g/mol. The van der Waals surface area contributed by atoms with E-state index >= 15 is 0 Å². The Kier molecular flexibility index (Phi) is 4.78. The van der Waals surface area contributed by atoms with Gasteiger partial charge in [-0.25, -0.2) is 18.7 Å². The molecule has 0 aliphatic carbocycles. The fraction of sp³-hybridized carbons (Fsp3) is 0.200. The van der Waals surface area contributed by atoms with Crippen molar-refractivity contribution in [3.05, 3.63) is 95.1 Å². The van der Waals surface area contributed by atoms with E-state index in [2.05, 4.69) is 0 Å². The molecule has 3 atom stereocenters. The van der Waals surface area contributed by atoms with Crippen molar-refractivity contribution >= 4 is 23.2 Å². The highest BCUT2D eigenvalue weighted by atomic mass is 19.2. The van der Waals surface area contributed by atoms with Crippen LogP contribution in [0, 0.1) is 31.4 Å². The molecule has 3 aromatic rings. The van der Waals surface area contributed by atoms with Gasteiger partial charge >= 0.3 is 0 Å². The molecule has 2 saturated heterocycles. The van der Waals surface area contributed by atoms with E-state index in [0.717, 1.165) is 28.2 Å². The van der Waals surface area contributed by atoms with Gasteiger partial charge in [-0.3, -0.25) is 14.4 Å². The molecule has 162 valence electrons. The van der Waals surface area contributed by atoms with Gasteiger partial charge in [-0.05, 0) is 55.3 Å². The van der Waals surface area contributed by atoms with Gasteiger partial charge in [-0.2, -0.15) is 0 Å². The molecule has 2 fully saturated rings. The molecule has 0 bridgehead atoms. The Labute approximate surface area is 183 Å². The van der Waals surface area contributed by atoms with E-state index in [0.29, 0.717) is 16.9 Å². The molecule has 2 aliphatic heterocycles. The van der Waals surface area contributed by atoms with Crippen LogP contribution in [0.25, 0.3) is 0 Å². The van der Waals surface area contributed by atoms with E-state index in [-0.39, 0.29) is 0 Å². The summed E-state index contributed by atoms with van der Waals surface area (Å²) in [6, 6.07) is 17.1. The number of fused-ring (bicyclic) bond motifs is 1. The van der Waals surface area contributed by atoms with Gasteiger partial charge in [0.25, 0.3) is 5.91 Å². The summed E-state index contributed by atoms with van der Waals surface area (Å²) in [4.78, 5) is 34.1. The minimum absolute atomic E-state index is 0.351. The maximum absolute atomic E-state index is 14.1. The highest BCUT2D eigenvalue weighted by Crippen LogP contribution is 2.48. The lowest BCUT2D eigenvalue weighted by Crippen LogP contribution is -2.37. The molecule has 7 heteroatoms. The molecular formula is C25H20F2N2O3. The fourth-order valence-electron chi connectivity index (χ4n) is 4.54. The number of aryl methyl sites for hydroxylation is 2. The van der Waals surface area contributed by atoms with Crippen LogP contribution in [0.15, 0.2) is 66.7 Å². The van der Waals surface area contributed by atoms with Crippen molar-refractivity contribution in [2.24, 2.45) is 5.92 Å². The molecule has 2 heterocycles. The van der Waals surface area contributed by atoms with Crippen molar-refractivity contribution in [2.45, 2.75) is 26.0 Å². The van der Waals surface area contributed by atoms with Crippen LogP contribution >= 0.6 is 0 Å². The molecule has 0 unspecified atom stereocenters. The first-order valence-corrected chi connectivity index (χ1v) is 10.3. The summed E-state index contributed by atoms with van der Waals surface area (Å²) < 4.78 is 27.7.